The molecule has 5 N–H and O–H groups in total. The third kappa shape index (κ3) is 5.13. The van der Waals surface area contributed by atoms with Crippen LogP contribution in [0.5, 0.6) is 5.75 Å². The number of nitrogen functional groups attached to an aromatic ring is 1. The number of carbonyl (C=O) groups is 1. The second kappa shape index (κ2) is 10.8. The van der Waals surface area contributed by atoms with Crippen LogP contribution in [-0.2, 0) is 6.61 Å². The van der Waals surface area contributed by atoms with Crippen LogP contribution < -0.4 is 16.6 Å². The molecule has 11 heteroatoms. The van der Waals surface area contributed by atoms with Crippen molar-refractivity contribution in [1.82, 2.24) is 14.5 Å². The van der Waals surface area contributed by atoms with E-state index in [9.17, 15) is 24.2 Å². The van der Waals surface area contributed by atoms with Crippen molar-refractivity contribution in [1.29, 1.82) is 0 Å². The van der Waals surface area contributed by atoms with E-state index >= 15 is 4.39 Å². The zero-order chi connectivity index (χ0) is 28.4. The van der Waals surface area contributed by atoms with Gasteiger partial charge in [0.05, 0.1) is 18.0 Å². The standard InChI is InChI=1S/C29H21F2N5O4/c30-17-2-5-19(6-3-17)36-20(15-37)7-9-22(28(36)40)27(39)34-18-4-8-21(24(31)14-18)16-1-10-26(38)23(13-16)25-11-12-33-29(32)35-25/h1-14,37-38H,15H2,(H,34,39)(H2,32,33,35). The van der Waals surface area contributed by atoms with Crippen LogP contribution in [0.25, 0.3) is 28.1 Å². The van der Waals surface area contributed by atoms with Gasteiger partial charge in [-0.15, -0.1) is 0 Å². The van der Waals surface area contributed by atoms with Gasteiger partial charge in [0.15, 0.2) is 0 Å². The summed E-state index contributed by atoms with van der Waals surface area (Å²) in [5.41, 5.74) is 6.49. The summed E-state index contributed by atoms with van der Waals surface area (Å²) in [7, 11) is 0. The van der Waals surface area contributed by atoms with E-state index in [0.717, 1.165) is 22.8 Å². The normalized spacial score (nSPS) is 10.9. The maximum atomic E-state index is 15.2. The number of phenolic OH excluding ortho intramolecular Hbond substituents is 1. The van der Waals surface area contributed by atoms with E-state index in [1.807, 2.05) is 0 Å². The number of aromatic hydroxyl groups is 1. The minimum Gasteiger partial charge on any atom is -0.507 e. The van der Waals surface area contributed by atoms with Gasteiger partial charge in [0, 0.05) is 28.7 Å². The smallest absolute Gasteiger partial charge is 0.268 e. The number of phenols is 1. The second-order valence-electron chi connectivity index (χ2n) is 8.69. The predicted molar refractivity (Wildman–Crippen MR) is 145 cm³/mol. The van der Waals surface area contributed by atoms with E-state index in [0.29, 0.717) is 16.8 Å². The highest BCUT2D eigenvalue weighted by Gasteiger charge is 2.18. The zero-order valence-corrected chi connectivity index (χ0v) is 20.7. The number of aliphatic hydroxyl groups is 1. The lowest BCUT2D eigenvalue weighted by Crippen LogP contribution is -2.30. The quantitative estimate of drug-likeness (QED) is 0.251. The summed E-state index contributed by atoms with van der Waals surface area (Å²) < 4.78 is 29.7. The summed E-state index contributed by atoms with van der Waals surface area (Å²) in [6.07, 6.45) is 1.44. The Hall–Kier alpha value is -5.42. The third-order valence-electron chi connectivity index (χ3n) is 6.14. The fourth-order valence-electron chi connectivity index (χ4n) is 4.20. The number of nitrogens with two attached hydrogens (primary N) is 1. The van der Waals surface area contributed by atoms with Gasteiger partial charge in [-0.2, -0.15) is 0 Å². The molecule has 0 radical (unpaired) electrons. The average Bonchev–Trinajstić information content (AvgIpc) is 2.94. The SMILES string of the molecule is Nc1nccc(-c2cc(-c3ccc(NC(=O)c4ccc(CO)n(-c5ccc(F)cc5)c4=O)cc3F)ccc2O)n1. The third-order valence-corrected chi connectivity index (χ3v) is 6.14. The van der Waals surface area contributed by atoms with Crippen LogP contribution in [0.4, 0.5) is 20.4 Å². The molecule has 0 aliphatic rings. The molecule has 40 heavy (non-hydrogen) atoms. The Morgan fingerprint density at radius 3 is 2.42 bits per heavy atom. The number of anilines is 2. The molecule has 0 atom stereocenters. The monoisotopic (exact) mass is 541 g/mol. The Balaban J connectivity index is 1.44. The van der Waals surface area contributed by atoms with Crippen LogP contribution in [0, 0.1) is 11.6 Å². The number of hydrogen-bond donors (Lipinski definition) is 4. The van der Waals surface area contributed by atoms with Gasteiger partial charge in [-0.25, -0.2) is 18.7 Å². The van der Waals surface area contributed by atoms with E-state index < -0.39 is 29.7 Å². The molecule has 5 rings (SSSR count). The largest absolute Gasteiger partial charge is 0.507 e. The van der Waals surface area contributed by atoms with Crippen LogP contribution in [0.15, 0.2) is 89.9 Å². The molecule has 200 valence electrons. The molecule has 2 aromatic heterocycles. The van der Waals surface area contributed by atoms with Crippen LogP contribution in [0.1, 0.15) is 16.1 Å². The van der Waals surface area contributed by atoms with Crippen molar-refractivity contribution < 1.29 is 23.8 Å². The number of carbonyl (C=O) groups excluding carboxylic acids is 1. The number of benzene rings is 3. The van der Waals surface area contributed by atoms with Crippen molar-refractivity contribution in [2.45, 2.75) is 6.61 Å². The van der Waals surface area contributed by atoms with Gasteiger partial charge in [0.1, 0.15) is 22.9 Å². The summed E-state index contributed by atoms with van der Waals surface area (Å²) in [6, 6.07) is 17.7. The molecule has 1 amide bonds. The molecule has 0 aliphatic carbocycles. The number of aliphatic hydroxyl groups excluding tert-OH is 1. The first-order valence-electron chi connectivity index (χ1n) is 11.9. The summed E-state index contributed by atoms with van der Waals surface area (Å²) in [5, 5.41) is 22.5. The first-order valence-corrected chi connectivity index (χ1v) is 11.9. The van der Waals surface area contributed by atoms with Gasteiger partial charge in [-0.1, -0.05) is 6.07 Å². The molecular weight excluding hydrogens is 520 g/mol. The minimum absolute atomic E-state index is 0.0176. The average molecular weight is 542 g/mol. The predicted octanol–water partition coefficient (Wildman–Crippen LogP) is 4.27. The fourth-order valence-corrected chi connectivity index (χ4v) is 4.20. The number of halogens is 2. The Labute approximate surface area is 225 Å². The molecule has 0 fully saturated rings. The highest BCUT2D eigenvalue weighted by Crippen LogP contribution is 2.34. The van der Waals surface area contributed by atoms with Crippen molar-refractivity contribution >= 4 is 17.5 Å². The summed E-state index contributed by atoms with van der Waals surface area (Å²) >= 11 is 0. The highest BCUT2D eigenvalue weighted by atomic mass is 19.1. The highest BCUT2D eigenvalue weighted by molar-refractivity contribution is 6.04. The first kappa shape index (κ1) is 26.2. The van der Waals surface area contributed by atoms with E-state index in [2.05, 4.69) is 15.3 Å². The van der Waals surface area contributed by atoms with E-state index in [4.69, 9.17) is 5.73 Å². The number of amides is 1. The molecule has 0 aliphatic heterocycles. The van der Waals surface area contributed by atoms with E-state index in [-0.39, 0.29) is 39.9 Å². The van der Waals surface area contributed by atoms with Crippen LogP contribution in [-0.4, -0.2) is 30.7 Å². The zero-order valence-electron chi connectivity index (χ0n) is 20.7. The molecule has 3 aromatic carbocycles. The maximum absolute atomic E-state index is 15.2. The number of hydrogen-bond acceptors (Lipinski definition) is 7. The maximum Gasteiger partial charge on any atom is 0.268 e. The van der Waals surface area contributed by atoms with Gasteiger partial charge in [-0.05, 0) is 78.4 Å². The van der Waals surface area contributed by atoms with Crippen LogP contribution in [0.2, 0.25) is 0 Å². The van der Waals surface area contributed by atoms with Gasteiger partial charge in [-0.3, -0.25) is 14.2 Å². The molecular formula is C29H21F2N5O4. The summed E-state index contributed by atoms with van der Waals surface area (Å²) in [4.78, 5) is 34.1. The van der Waals surface area contributed by atoms with Gasteiger partial charge < -0.3 is 21.3 Å². The van der Waals surface area contributed by atoms with Gasteiger partial charge in [0.2, 0.25) is 5.95 Å². The second-order valence-corrected chi connectivity index (χ2v) is 8.69. The molecule has 5 aromatic rings. The minimum atomic E-state index is -0.800. The van der Waals surface area contributed by atoms with Gasteiger partial charge >= 0.3 is 0 Å². The molecule has 9 nitrogen and oxygen atoms in total. The van der Waals surface area contributed by atoms with Crippen molar-refractivity contribution in [3.05, 3.63) is 118 Å². The van der Waals surface area contributed by atoms with Crippen LogP contribution >= 0.6 is 0 Å². The first-order chi connectivity index (χ1) is 19.2. The molecule has 0 spiro atoms. The number of rotatable bonds is 6. The van der Waals surface area contributed by atoms with Crippen molar-refractivity contribution in [2.24, 2.45) is 0 Å². The number of aromatic nitrogens is 3. The number of nitrogens with zero attached hydrogens (tertiary/aromatic N) is 3. The molecule has 0 unspecified atom stereocenters. The van der Waals surface area contributed by atoms with Crippen molar-refractivity contribution in [2.75, 3.05) is 11.1 Å². The van der Waals surface area contributed by atoms with Crippen molar-refractivity contribution in [3.63, 3.8) is 0 Å². The molecule has 0 bridgehead atoms. The van der Waals surface area contributed by atoms with Gasteiger partial charge in [0.25, 0.3) is 11.5 Å². The lowest BCUT2D eigenvalue weighted by molar-refractivity contribution is 0.102. The Kier molecular flexibility index (Phi) is 7.04. The van der Waals surface area contributed by atoms with E-state index in [1.54, 1.807) is 12.1 Å². The summed E-state index contributed by atoms with van der Waals surface area (Å²) in [5.74, 6) is -2.04. The molecule has 2 heterocycles. The Bertz CT molecular complexity index is 1810. The lowest BCUT2D eigenvalue weighted by Gasteiger charge is -2.14. The summed E-state index contributed by atoms with van der Waals surface area (Å²) in [6.45, 7) is -0.495. The fraction of sp³-hybridized carbons (Fsp3) is 0.0345. The molecule has 0 saturated heterocycles. The lowest BCUT2D eigenvalue weighted by atomic mass is 10.00. The Morgan fingerprint density at radius 2 is 1.73 bits per heavy atom. The topological polar surface area (TPSA) is 143 Å². The van der Waals surface area contributed by atoms with E-state index in [1.165, 1.54) is 54.7 Å². The van der Waals surface area contributed by atoms with Crippen LogP contribution in [0.3, 0.4) is 0 Å². The number of nitrogens with one attached hydrogen (secondary N) is 1. The van der Waals surface area contributed by atoms with Crippen molar-refractivity contribution in [3.8, 4) is 33.8 Å². The molecule has 0 saturated carbocycles. The number of pyridine rings is 1. The Morgan fingerprint density at radius 1 is 0.950 bits per heavy atom.